The van der Waals surface area contributed by atoms with Crippen molar-refractivity contribution in [2.75, 3.05) is 16.4 Å². The van der Waals surface area contributed by atoms with Crippen LogP contribution in [-0.2, 0) is 6.18 Å². The van der Waals surface area contributed by atoms with Gasteiger partial charge >= 0.3 is 12.2 Å². The monoisotopic (exact) mass is 482 g/mol. The highest BCUT2D eigenvalue weighted by Crippen LogP contribution is 2.30. The summed E-state index contributed by atoms with van der Waals surface area (Å²) in [7, 11) is 0. The molecule has 35 heavy (non-hydrogen) atoms. The Morgan fingerprint density at radius 3 is 2.34 bits per heavy atom. The third-order valence-corrected chi connectivity index (χ3v) is 5.30. The van der Waals surface area contributed by atoms with Gasteiger partial charge in [-0.25, -0.2) is 14.3 Å². The predicted molar refractivity (Wildman–Crippen MR) is 125 cm³/mol. The Labute approximate surface area is 198 Å². The number of amides is 2. The summed E-state index contributed by atoms with van der Waals surface area (Å²) in [5.74, 6) is -0.0941. The lowest BCUT2D eigenvalue weighted by molar-refractivity contribution is -0.137. The molecule has 8 nitrogen and oxygen atoms in total. The zero-order valence-corrected chi connectivity index (χ0v) is 18.7. The van der Waals surface area contributed by atoms with Gasteiger partial charge in [0.2, 0.25) is 0 Å². The molecule has 0 unspecified atom stereocenters. The molecule has 0 saturated carbocycles. The van der Waals surface area contributed by atoms with Gasteiger partial charge in [0.25, 0.3) is 0 Å². The van der Waals surface area contributed by atoms with Crippen LogP contribution in [0.25, 0.3) is 5.52 Å². The highest BCUT2D eigenvalue weighted by Gasteiger charge is 2.30. The first-order valence-electron chi connectivity index (χ1n) is 10.6. The van der Waals surface area contributed by atoms with Gasteiger partial charge in [0.05, 0.1) is 11.1 Å². The topological polar surface area (TPSA) is 114 Å². The lowest BCUT2D eigenvalue weighted by atomic mass is 10.0. The fourth-order valence-electron chi connectivity index (χ4n) is 3.61. The van der Waals surface area contributed by atoms with E-state index in [4.69, 9.17) is 5.73 Å². The number of benzene rings is 2. The van der Waals surface area contributed by atoms with Crippen molar-refractivity contribution in [3.63, 3.8) is 0 Å². The quantitative estimate of drug-likeness (QED) is 0.333. The van der Waals surface area contributed by atoms with Gasteiger partial charge in [0, 0.05) is 22.6 Å². The Balaban J connectivity index is 1.55. The largest absolute Gasteiger partial charge is 0.416 e. The second kappa shape index (κ2) is 9.09. The normalized spacial score (nSPS) is 11.6. The van der Waals surface area contributed by atoms with Crippen LogP contribution in [-0.4, -0.2) is 26.4 Å². The van der Waals surface area contributed by atoms with E-state index < -0.39 is 17.8 Å². The van der Waals surface area contributed by atoms with Crippen LogP contribution in [0.4, 0.5) is 35.2 Å². The van der Waals surface area contributed by atoms with Crippen molar-refractivity contribution in [3.8, 4) is 0 Å². The third-order valence-electron chi connectivity index (χ3n) is 5.30. The third kappa shape index (κ3) is 4.93. The molecule has 0 aliphatic carbocycles. The SMILES string of the molecule is CC(C)c1cc(C(=O)c2cccc(NC(=O)Nc3ccc(C(F)(F)F)cc3)c2)c2c(N)ncnn12. The average molecular weight is 482 g/mol. The number of anilines is 3. The molecule has 4 N–H and O–H groups in total. The molecule has 0 spiro atoms. The summed E-state index contributed by atoms with van der Waals surface area (Å²) >= 11 is 0. The molecule has 11 heteroatoms. The van der Waals surface area contributed by atoms with Crippen LogP contribution >= 0.6 is 0 Å². The maximum absolute atomic E-state index is 13.3. The number of ketones is 1. The van der Waals surface area contributed by atoms with Crippen LogP contribution in [0, 0.1) is 0 Å². The summed E-state index contributed by atoms with van der Waals surface area (Å²) in [4.78, 5) is 29.7. The molecule has 0 saturated heterocycles. The van der Waals surface area contributed by atoms with E-state index in [1.54, 1.807) is 28.8 Å². The van der Waals surface area contributed by atoms with Crippen molar-refractivity contribution >= 4 is 34.5 Å². The number of carbonyl (C=O) groups is 2. The van der Waals surface area contributed by atoms with Gasteiger partial charge in [-0.3, -0.25) is 4.79 Å². The second-order valence-electron chi connectivity index (χ2n) is 8.11. The van der Waals surface area contributed by atoms with Gasteiger partial charge in [0.1, 0.15) is 11.8 Å². The molecule has 180 valence electrons. The molecule has 2 aromatic carbocycles. The summed E-state index contributed by atoms with van der Waals surface area (Å²) in [5, 5.41) is 9.25. The lowest BCUT2D eigenvalue weighted by Gasteiger charge is -2.10. The summed E-state index contributed by atoms with van der Waals surface area (Å²) < 4.78 is 39.7. The maximum Gasteiger partial charge on any atom is 0.416 e. The van der Waals surface area contributed by atoms with Crippen molar-refractivity contribution in [2.24, 2.45) is 0 Å². The summed E-state index contributed by atoms with van der Waals surface area (Å²) in [6.45, 7) is 3.93. The minimum Gasteiger partial charge on any atom is -0.382 e. The standard InChI is InChI=1S/C24H21F3N6O2/c1-13(2)19-11-18(20-22(28)29-12-30-33(19)20)21(34)14-4-3-5-17(10-14)32-23(35)31-16-8-6-15(7-9-16)24(25,26)27/h3-13H,1-2H3,(H2,28,29,30)(H2,31,32,35). The molecular weight excluding hydrogens is 461 g/mol. The van der Waals surface area contributed by atoms with Crippen LogP contribution < -0.4 is 16.4 Å². The molecule has 0 fully saturated rings. The van der Waals surface area contributed by atoms with E-state index in [1.165, 1.54) is 12.4 Å². The molecule has 0 radical (unpaired) electrons. The number of fused-ring (bicyclic) bond motifs is 1. The predicted octanol–water partition coefficient (Wildman–Crippen LogP) is 5.33. The number of rotatable bonds is 5. The van der Waals surface area contributed by atoms with E-state index in [0.717, 1.165) is 30.0 Å². The van der Waals surface area contributed by atoms with E-state index in [2.05, 4.69) is 20.7 Å². The van der Waals surface area contributed by atoms with Gasteiger partial charge in [0.15, 0.2) is 11.6 Å². The van der Waals surface area contributed by atoms with Crippen LogP contribution in [0.1, 0.15) is 46.9 Å². The molecule has 0 aliphatic heterocycles. The van der Waals surface area contributed by atoms with Crippen LogP contribution in [0.2, 0.25) is 0 Å². The first kappa shape index (κ1) is 23.7. The van der Waals surface area contributed by atoms with Gasteiger partial charge < -0.3 is 16.4 Å². The molecule has 2 amide bonds. The smallest absolute Gasteiger partial charge is 0.382 e. The van der Waals surface area contributed by atoms with Crippen molar-refractivity contribution < 1.29 is 22.8 Å². The maximum atomic E-state index is 13.3. The Hall–Kier alpha value is -4.41. The zero-order chi connectivity index (χ0) is 25.3. The van der Waals surface area contributed by atoms with Gasteiger partial charge in [-0.2, -0.15) is 18.3 Å². The number of alkyl halides is 3. The van der Waals surface area contributed by atoms with Crippen molar-refractivity contribution in [2.45, 2.75) is 25.9 Å². The minimum atomic E-state index is -4.47. The second-order valence-corrected chi connectivity index (χ2v) is 8.11. The van der Waals surface area contributed by atoms with E-state index >= 15 is 0 Å². The Bertz CT molecular complexity index is 1410. The van der Waals surface area contributed by atoms with Gasteiger partial charge in [-0.15, -0.1) is 0 Å². The average Bonchev–Trinajstić information content (AvgIpc) is 3.20. The fraction of sp³-hybridized carbons (Fsp3) is 0.167. The number of urea groups is 1. The molecule has 2 aromatic heterocycles. The zero-order valence-electron chi connectivity index (χ0n) is 18.7. The first-order chi connectivity index (χ1) is 16.5. The number of hydrogen-bond acceptors (Lipinski definition) is 5. The number of aromatic nitrogens is 3. The Morgan fingerprint density at radius 1 is 1.00 bits per heavy atom. The number of nitrogens with zero attached hydrogens (tertiary/aromatic N) is 3. The fourth-order valence-corrected chi connectivity index (χ4v) is 3.61. The van der Waals surface area contributed by atoms with Crippen molar-refractivity contribution in [1.29, 1.82) is 0 Å². The number of nitrogens with one attached hydrogen (secondary N) is 2. The number of nitrogens with two attached hydrogens (primary N) is 1. The lowest BCUT2D eigenvalue weighted by Crippen LogP contribution is -2.19. The van der Waals surface area contributed by atoms with Gasteiger partial charge in [-0.05, 0) is 48.4 Å². The Morgan fingerprint density at radius 2 is 1.69 bits per heavy atom. The number of halogens is 3. The first-order valence-corrected chi connectivity index (χ1v) is 10.6. The van der Waals surface area contributed by atoms with E-state index in [-0.39, 0.29) is 23.2 Å². The molecular formula is C24H21F3N6O2. The molecule has 2 heterocycles. The highest BCUT2D eigenvalue weighted by atomic mass is 19.4. The van der Waals surface area contributed by atoms with Crippen LogP contribution in [0.3, 0.4) is 0 Å². The highest BCUT2D eigenvalue weighted by molar-refractivity contribution is 6.15. The summed E-state index contributed by atoms with van der Waals surface area (Å²) in [5.41, 5.74) is 7.54. The van der Waals surface area contributed by atoms with Crippen LogP contribution in [0.5, 0.6) is 0 Å². The number of carbonyl (C=O) groups excluding carboxylic acids is 2. The summed E-state index contributed by atoms with van der Waals surface area (Å²) in [6.07, 6.45) is -3.14. The van der Waals surface area contributed by atoms with E-state index in [0.29, 0.717) is 22.3 Å². The van der Waals surface area contributed by atoms with E-state index in [1.807, 2.05) is 13.8 Å². The van der Waals surface area contributed by atoms with Crippen molar-refractivity contribution in [3.05, 3.63) is 83.3 Å². The Kier molecular flexibility index (Phi) is 6.16. The van der Waals surface area contributed by atoms with Crippen molar-refractivity contribution in [1.82, 2.24) is 14.6 Å². The van der Waals surface area contributed by atoms with Crippen LogP contribution in [0.15, 0.2) is 60.9 Å². The minimum absolute atomic E-state index is 0.0697. The van der Waals surface area contributed by atoms with E-state index in [9.17, 15) is 22.8 Å². The van der Waals surface area contributed by atoms with Gasteiger partial charge in [-0.1, -0.05) is 26.0 Å². The molecule has 4 aromatic rings. The summed E-state index contributed by atoms with van der Waals surface area (Å²) in [6, 6.07) is 11.4. The molecule has 0 atom stereocenters. The molecule has 0 aliphatic rings. The molecule has 4 rings (SSSR count). The number of hydrogen-bond donors (Lipinski definition) is 3. The molecule has 0 bridgehead atoms. The number of nitrogen functional groups attached to an aromatic ring is 1.